The van der Waals surface area contributed by atoms with Crippen LogP contribution in [0.25, 0.3) is 0 Å². The number of anilines is 1. The fourth-order valence-corrected chi connectivity index (χ4v) is 3.77. The maximum atomic E-state index is 12.6. The van der Waals surface area contributed by atoms with E-state index in [1.165, 1.54) is 0 Å². The van der Waals surface area contributed by atoms with Crippen LogP contribution in [0.3, 0.4) is 0 Å². The van der Waals surface area contributed by atoms with Crippen molar-refractivity contribution in [2.75, 3.05) is 45.2 Å². The molecule has 2 fully saturated rings. The van der Waals surface area contributed by atoms with Crippen LogP contribution in [-0.2, 0) is 4.79 Å². The van der Waals surface area contributed by atoms with Crippen LogP contribution in [0.15, 0.2) is 24.3 Å². The zero-order valence-corrected chi connectivity index (χ0v) is 16.5. The van der Waals surface area contributed by atoms with Gasteiger partial charge in [-0.2, -0.15) is 0 Å². The van der Waals surface area contributed by atoms with Crippen molar-refractivity contribution in [2.24, 2.45) is 0 Å². The van der Waals surface area contributed by atoms with Crippen molar-refractivity contribution in [3.63, 3.8) is 0 Å². The van der Waals surface area contributed by atoms with Gasteiger partial charge in [-0.05, 0) is 64.2 Å². The highest BCUT2D eigenvalue weighted by Gasteiger charge is 2.33. The van der Waals surface area contributed by atoms with Gasteiger partial charge >= 0.3 is 6.03 Å². The third-order valence-electron chi connectivity index (χ3n) is 5.47. The summed E-state index contributed by atoms with van der Waals surface area (Å²) >= 11 is 0. The fourth-order valence-electron chi connectivity index (χ4n) is 3.77. The Labute approximate surface area is 161 Å². The van der Waals surface area contributed by atoms with Crippen LogP contribution >= 0.6 is 0 Å². The van der Waals surface area contributed by atoms with E-state index in [1.54, 1.807) is 9.80 Å². The van der Waals surface area contributed by atoms with E-state index in [2.05, 4.69) is 17.3 Å². The number of nitrogens with zero attached hydrogens (tertiary/aromatic N) is 3. The number of rotatable bonds is 5. The van der Waals surface area contributed by atoms with E-state index in [0.29, 0.717) is 19.6 Å². The molecule has 148 valence electrons. The maximum Gasteiger partial charge on any atom is 0.317 e. The summed E-state index contributed by atoms with van der Waals surface area (Å²) in [6.07, 6.45) is 2.31. The zero-order valence-electron chi connectivity index (χ0n) is 16.5. The van der Waals surface area contributed by atoms with Crippen molar-refractivity contribution in [1.29, 1.82) is 0 Å². The minimum absolute atomic E-state index is 0.0337. The number of nitrogens with one attached hydrogen (secondary N) is 1. The van der Waals surface area contributed by atoms with Crippen LogP contribution < -0.4 is 15.0 Å². The lowest BCUT2D eigenvalue weighted by Gasteiger charge is -2.35. The lowest BCUT2D eigenvalue weighted by molar-refractivity contribution is -0.117. The number of carbonyl (C=O) groups is 2. The summed E-state index contributed by atoms with van der Waals surface area (Å²) in [5.41, 5.74) is 0.837. The molecule has 2 heterocycles. The van der Waals surface area contributed by atoms with Gasteiger partial charge in [0.25, 0.3) is 0 Å². The third kappa shape index (κ3) is 4.71. The molecule has 2 aliphatic heterocycles. The largest absolute Gasteiger partial charge is 0.494 e. The summed E-state index contributed by atoms with van der Waals surface area (Å²) in [4.78, 5) is 30.8. The Balaban J connectivity index is 1.54. The Morgan fingerprint density at radius 3 is 2.56 bits per heavy atom. The summed E-state index contributed by atoms with van der Waals surface area (Å²) in [6.45, 7) is 5.07. The second-order valence-electron chi connectivity index (χ2n) is 7.43. The number of carbonyl (C=O) groups excluding carboxylic acids is 2. The van der Waals surface area contributed by atoms with Crippen molar-refractivity contribution in [3.8, 4) is 5.75 Å². The molecule has 1 aromatic rings. The number of benzene rings is 1. The summed E-state index contributed by atoms with van der Waals surface area (Å²) in [5, 5.41) is 3.04. The predicted molar refractivity (Wildman–Crippen MR) is 105 cm³/mol. The smallest absolute Gasteiger partial charge is 0.317 e. The Morgan fingerprint density at radius 1 is 1.26 bits per heavy atom. The molecule has 1 aromatic carbocycles. The highest BCUT2D eigenvalue weighted by Crippen LogP contribution is 2.24. The topological polar surface area (TPSA) is 65.1 Å². The minimum atomic E-state index is -0.162. The van der Waals surface area contributed by atoms with E-state index < -0.39 is 0 Å². The standard InChI is InChI=1S/C20H30N4O3/c1-4-27-18-7-5-17(6-8-18)24-14-15(13-19(24)25)21-20(26)23(3)16-9-11-22(2)12-10-16/h5-8,15-16H,4,9-14H2,1-3H3,(H,21,26)/t15-/m1/s1. The number of likely N-dealkylation sites (tertiary alicyclic amines) is 1. The first-order valence-corrected chi connectivity index (χ1v) is 9.73. The molecule has 0 bridgehead atoms. The SMILES string of the molecule is CCOc1ccc(N2C[C@H](NC(=O)N(C)C3CCN(C)CC3)CC2=O)cc1. The Hall–Kier alpha value is -2.28. The van der Waals surface area contributed by atoms with Crippen LogP contribution in [0.5, 0.6) is 5.75 Å². The second-order valence-corrected chi connectivity index (χ2v) is 7.43. The van der Waals surface area contributed by atoms with E-state index in [1.807, 2.05) is 38.2 Å². The third-order valence-corrected chi connectivity index (χ3v) is 5.47. The van der Waals surface area contributed by atoms with E-state index in [0.717, 1.165) is 37.4 Å². The first kappa shape index (κ1) is 19.5. The molecule has 2 saturated heterocycles. The normalized spacial score (nSPS) is 21.4. The van der Waals surface area contributed by atoms with Crippen molar-refractivity contribution in [3.05, 3.63) is 24.3 Å². The van der Waals surface area contributed by atoms with Gasteiger partial charge in [0, 0.05) is 31.7 Å². The van der Waals surface area contributed by atoms with Gasteiger partial charge in [0.2, 0.25) is 5.91 Å². The lowest BCUT2D eigenvalue weighted by Crippen LogP contribution is -2.50. The number of hydrogen-bond donors (Lipinski definition) is 1. The van der Waals surface area contributed by atoms with Gasteiger partial charge in [-0.15, -0.1) is 0 Å². The molecular formula is C20H30N4O3. The monoisotopic (exact) mass is 374 g/mol. The summed E-state index contributed by atoms with van der Waals surface area (Å²) < 4.78 is 5.45. The highest BCUT2D eigenvalue weighted by molar-refractivity contribution is 5.96. The highest BCUT2D eigenvalue weighted by atomic mass is 16.5. The van der Waals surface area contributed by atoms with Gasteiger partial charge in [-0.25, -0.2) is 4.79 Å². The van der Waals surface area contributed by atoms with Gasteiger partial charge in [0.1, 0.15) is 5.75 Å². The molecule has 27 heavy (non-hydrogen) atoms. The van der Waals surface area contributed by atoms with E-state index in [-0.39, 0.29) is 24.0 Å². The number of ether oxygens (including phenoxy) is 1. The van der Waals surface area contributed by atoms with E-state index in [9.17, 15) is 9.59 Å². The number of urea groups is 1. The quantitative estimate of drug-likeness (QED) is 0.855. The summed E-state index contributed by atoms with van der Waals surface area (Å²) in [6, 6.07) is 7.52. The van der Waals surface area contributed by atoms with Gasteiger partial charge in [-0.3, -0.25) is 4.79 Å². The van der Waals surface area contributed by atoms with Crippen LogP contribution in [0.2, 0.25) is 0 Å². The Morgan fingerprint density at radius 2 is 1.93 bits per heavy atom. The first-order chi connectivity index (χ1) is 13.0. The number of piperidine rings is 1. The first-order valence-electron chi connectivity index (χ1n) is 9.73. The molecule has 0 unspecified atom stereocenters. The fraction of sp³-hybridized carbons (Fsp3) is 0.600. The number of hydrogen-bond acceptors (Lipinski definition) is 4. The van der Waals surface area contributed by atoms with E-state index in [4.69, 9.17) is 4.74 Å². The Bertz CT molecular complexity index is 656. The molecule has 7 heteroatoms. The van der Waals surface area contributed by atoms with Gasteiger partial charge in [0.15, 0.2) is 0 Å². The molecule has 2 aliphatic rings. The van der Waals surface area contributed by atoms with Gasteiger partial charge in [0.05, 0.1) is 12.6 Å². The van der Waals surface area contributed by atoms with Gasteiger partial charge < -0.3 is 24.8 Å². The molecule has 0 aromatic heterocycles. The molecule has 7 nitrogen and oxygen atoms in total. The Kier molecular flexibility index (Phi) is 6.21. The van der Waals surface area contributed by atoms with Crippen molar-refractivity contribution in [2.45, 2.75) is 38.3 Å². The molecule has 0 saturated carbocycles. The van der Waals surface area contributed by atoms with Crippen LogP contribution in [0.4, 0.5) is 10.5 Å². The molecule has 1 atom stereocenters. The minimum Gasteiger partial charge on any atom is -0.494 e. The van der Waals surface area contributed by atoms with Crippen LogP contribution in [-0.4, -0.2) is 74.2 Å². The molecule has 0 aliphatic carbocycles. The van der Waals surface area contributed by atoms with Crippen molar-refractivity contribution >= 4 is 17.6 Å². The maximum absolute atomic E-state index is 12.6. The predicted octanol–water partition coefficient (Wildman–Crippen LogP) is 1.93. The van der Waals surface area contributed by atoms with Crippen molar-refractivity contribution < 1.29 is 14.3 Å². The average molecular weight is 374 g/mol. The molecule has 0 spiro atoms. The number of amides is 3. The lowest BCUT2D eigenvalue weighted by atomic mass is 10.0. The van der Waals surface area contributed by atoms with Crippen LogP contribution in [0, 0.1) is 0 Å². The molecule has 1 N–H and O–H groups in total. The van der Waals surface area contributed by atoms with Gasteiger partial charge in [-0.1, -0.05) is 0 Å². The zero-order chi connectivity index (χ0) is 19.4. The summed E-state index contributed by atoms with van der Waals surface area (Å²) in [7, 11) is 3.96. The second kappa shape index (κ2) is 8.61. The molecule has 3 amide bonds. The summed E-state index contributed by atoms with van der Waals surface area (Å²) in [5.74, 6) is 0.823. The van der Waals surface area contributed by atoms with Crippen LogP contribution in [0.1, 0.15) is 26.2 Å². The molecule has 3 rings (SSSR count). The average Bonchev–Trinajstić information content (AvgIpc) is 3.02. The van der Waals surface area contributed by atoms with E-state index >= 15 is 0 Å². The molecule has 0 radical (unpaired) electrons. The van der Waals surface area contributed by atoms with Crippen molar-refractivity contribution in [1.82, 2.24) is 15.1 Å². The molecular weight excluding hydrogens is 344 g/mol.